The number of urea groups is 1. The molecule has 0 aliphatic rings. The van der Waals surface area contributed by atoms with E-state index in [1.807, 2.05) is 0 Å². The lowest BCUT2D eigenvalue weighted by molar-refractivity contribution is -0.137. The van der Waals surface area contributed by atoms with E-state index in [9.17, 15) is 14.0 Å². The number of anilines is 1. The molecule has 0 heterocycles. The summed E-state index contributed by atoms with van der Waals surface area (Å²) >= 11 is 3.10. The first-order valence-corrected chi connectivity index (χ1v) is 5.92. The van der Waals surface area contributed by atoms with Crippen LogP contribution in [-0.4, -0.2) is 23.1 Å². The molecule has 0 bridgehead atoms. The van der Waals surface area contributed by atoms with E-state index in [1.165, 1.54) is 12.1 Å². The van der Waals surface area contributed by atoms with Gasteiger partial charge >= 0.3 is 12.0 Å². The number of carboxylic acids is 1. The Kier molecular flexibility index (Phi) is 5.08. The second-order valence-electron chi connectivity index (χ2n) is 3.72. The van der Waals surface area contributed by atoms with E-state index in [0.29, 0.717) is 4.47 Å². The molecule has 0 aliphatic heterocycles. The van der Waals surface area contributed by atoms with Gasteiger partial charge in [-0.1, -0.05) is 15.9 Å². The number of carboxylic acid groups (broad SMARTS) is 1. The van der Waals surface area contributed by atoms with E-state index in [0.717, 1.165) is 0 Å². The lowest BCUT2D eigenvalue weighted by atomic mass is 10.2. The van der Waals surface area contributed by atoms with Crippen LogP contribution in [0.15, 0.2) is 22.7 Å². The fourth-order valence-electron chi connectivity index (χ4n) is 1.29. The highest BCUT2D eigenvalue weighted by molar-refractivity contribution is 9.10. The average Bonchev–Trinajstić information content (AvgIpc) is 2.20. The quantitative estimate of drug-likeness (QED) is 0.798. The van der Waals surface area contributed by atoms with Crippen LogP contribution in [0, 0.1) is 5.82 Å². The summed E-state index contributed by atoms with van der Waals surface area (Å²) in [5, 5.41) is 13.2. The second kappa shape index (κ2) is 6.34. The van der Waals surface area contributed by atoms with E-state index >= 15 is 0 Å². The maximum Gasteiger partial charge on any atom is 0.319 e. The van der Waals surface area contributed by atoms with Crippen LogP contribution >= 0.6 is 15.9 Å². The Morgan fingerprint density at radius 2 is 2.17 bits per heavy atom. The van der Waals surface area contributed by atoms with Crippen molar-refractivity contribution in [1.82, 2.24) is 5.32 Å². The minimum atomic E-state index is -1.02. The van der Waals surface area contributed by atoms with Crippen LogP contribution in [0.3, 0.4) is 0 Å². The van der Waals surface area contributed by atoms with Crippen LogP contribution < -0.4 is 10.6 Å². The predicted octanol–water partition coefficient (Wildman–Crippen LogP) is 2.57. The van der Waals surface area contributed by atoms with Crippen LogP contribution in [0.25, 0.3) is 0 Å². The van der Waals surface area contributed by atoms with Crippen molar-refractivity contribution in [3.63, 3.8) is 0 Å². The van der Waals surface area contributed by atoms with Gasteiger partial charge in [0.05, 0.1) is 12.1 Å². The molecule has 1 unspecified atom stereocenters. The first kappa shape index (κ1) is 14.4. The van der Waals surface area contributed by atoms with E-state index in [-0.39, 0.29) is 12.1 Å². The Morgan fingerprint density at radius 1 is 1.50 bits per heavy atom. The fraction of sp³-hybridized carbons (Fsp3) is 0.273. The zero-order valence-electron chi connectivity index (χ0n) is 9.54. The number of nitrogens with one attached hydrogen (secondary N) is 2. The largest absolute Gasteiger partial charge is 0.481 e. The van der Waals surface area contributed by atoms with Crippen molar-refractivity contribution < 1.29 is 19.1 Å². The van der Waals surface area contributed by atoms with Gasteiger partial charge in [0.25, 0.3) is 0 Å². The Labute approximate surface area is 112 Å². The number of hydrogen-bond acceptors (Lipinski definition) is 2. The van der Waals surface area contributed by atoms with Gasteiger partial charge in [0.15, 0.2) is 0 Å². The van der Waals surface area contributed by atoms with Crippen LogP contribution in [0.5, 0.6) is 0 Å². The third-order valence-corrected chi connectivity index (χ3v) is 2.53. The summed E-state index contributed by atoms with van der Waals surface area (Å²) in [5.74, 6) is -1.59. The molecule has 1 aromatic rings. The molecular formula is C11H12BrFN2O3. The lowest BCUT2D eigenvalue weighted by Crippen LogP contribution is -2.37. The Bertz CT molecular complexity index is 468. The topological polar surface area (TPSA) is 78.4 Å². The van der Waals surface area contributed by atoms with Crippen LogP contribution in [0.1, 0.15) is 13.3 Å². The SMILES string of the molecule is CC(CC(=O)O)NC(=O)Nc1ccc(Br)cc1F. The molecular weight excluding hydrogens is 307 g/mol. The van der Waals surface area contributed by atoms with E-state index in [1.54, 1.807) is 13.0 Å². The van der Waals surface area contributed by atoms with Crippen molar-refractivity contribution in [2.24, 2.45) is 0 Å². The monoisotopic (exact) mass is 318 g/mol. The highest BCUT2D eigenvalue weighted by atomic mass is 79.9. The number of rotatable bonds is 4. The van der Waals surface area contributed by atoms with E-state index < -0.39 is 23.9 Å². The summed E-state index contributed by atoms with van der Waals surface area (Å²) in [4.78, 5) is 21.9. The van der Waals surface area contributed by atoms with Crippen molar-refractivity contribution in [2.45, 2.75) is 19.4 Å². The summed E-state index contributed by atoms with van der Waals surface area (Å²) in [6, 6.07) is 3.02. The molecule has 5 nitrogen and oxygen atoms in total. The zero-order chi connectivity index (χ0) is 13.7. The van der Waals surface area contributed by atoms with Gasteiger partial charge in [-0.25, -0.2) is 9.18 Å². The zero-order valence-corrected chi connectivity index (χ0v) is 11.1. The van der Waals surface area contributed by atoms with Gasteiger partial charge in [-0.15, -0.1) is 0 Å². The highest BCUT2D eigenvalue weighted by Gasteiger charge is 2.12. The molecule has 1 atom stereocenters. The molecule has 0 aliphatic carbocycles. The Morgan fingerprint density at radius 3 is 2.72 bits per heavy atom. The van der Waals surface area contributed by atoms with Gasteiger partial charge in [-0.3, -0.25) is 4.79 Å². The Hall–Kier alpha value is -1.63. The molecule has 0 radical (unpaired) electrons. The van der Waals surface area contributed by atoms with Crippen LogP contribution in [-0.2, 0) is 4.79 Å². The minimum absolute atomic E-state index is 0.0261. The maximum absolute atomic E-state index is 13.4. The Balaban J connectivity index is 2.56. The third kappa shape index (κ3) is 4.70. The average molecular weight is 319 g/mol. The fourth-order valence-corrected chi connectivity index (χ4v) is 1.62. The molecule has 1 rings (SSSR count). The molecule has 7 heteroatoms. The van der Waals surface area contributed by atoms with Crippen LogP contribution in [0.2, 0.25) is 0 Å². The molecule has 0 saturated heterocycles. The summed E-state index contributed by atoms with van der Waals surface area (Å²) in [7, 11) is 0. The molecule has 18 heavy (non-hydrogen) atoms. The molecule has 0 spiro atoms. The third-order valence-electron chi connectivity index (χ3n) is 2.04. The standard InChI is InChI=1S/C11H12BrFN2O3/c1-6(4-10(16)17)14-11(18)15-9-3-2-7(12)5-8(9)13/h2-3,5-6H,4H2,1H3,(H,16,17)(H2,14,15,18). The van der Waals surface area contributed by atoms with Gasteiger partial charge in [0.1, 0.15) is 5.82 Å². The number of benzene rings is 1. The number of aliphatic carboxylic acids is 1. The summed E-state index contributed by atoms with van der Waals surface area (Å²) in [5.41, 5.74) is 0.0261. The van der Waals surface area contributed by atoms with Crippen molar-refractivity contribution in [2.75, 3.05) is 5.32 Å². The smallest absolute Gasteiger partial charge is 0.319 e. The predicted molar refractivity (Wildman–Crippen MR) is 68.0 cm³/mol. The summed E-state index contributed by atoms with van der Waals surface area (Å²) in [6.45, 7) is 1.55. The molecule has 0 fully saturated rings. The normalized spacial score (nSPS) is 11.7. The van der Waals surface area contributed by atoms with E-state index in [4.69, 9.17) is 5.11 Å². The van der Waals surface area contributed by atoms with E-state index in [2.05, 4.69) is 26.6 Å². The van der Waals surface area contributed by atoms with Crippen molar-refractivity contribution >= 4 is 33.6 Å². The van der Waals surface area contributed by atoms with Crippen molar-refractivity contribution in [3.8, 4) is 0 Å². The number of amides is 2. The van der Waals surface area contributed by atoms with Crippen molar-refractivity contribution in [3.05, 3.63) is 28.5 Å². The van der Waals surface area contributed by atoms with Gasteiger partial charge in [0, 0.05) is 10.5 Å². The van der Waals surface area contributed by atoms with Crippen LogP contribution in [0.4, 0.5) is 14.9 Å². The van der Waals surface area contributed by atoms with Gasteiger partial charge in [-0.2, -0.15) is 0 Å². The number of halogens is 2. The molecule has 1 aromatic carbocycles. The van der Waals surface area contributed by atoms with Gasteiger partial charge in [-0.05, 0) is 25.1 Å². The minimum Gasteiger partial charge on any atom is -0.481 e. The molecule has 0 saturated carbocycles. The molecule has 0 aromatic heterocycles. The number of carbonyl (C=O) groups is 2. The first-order valence-electron chi connectivity index (χ1n) is 5.13. The molecule has 3 N–H and O–H groups in total. The first-order chi connectivity index (χ1) is 8.38. The molecule has 98 valence electrons. The van der Waals surface area contributed by atoms with Gasteiger partial charge < -0.3 is 15.7 Å². The van der Waals surface area contributed by atoms with Crippen molar-refractivity contribution in [1.29, 1.82) is 0 Å². The summed E-state index contributed by atoms with van der Waals surface area (Å²) in [6.07, 6.45) is -0.198. The maximum atomic E-state index is 13.4. The lowest BCUT2D eigenvalue weighted by Gasteiger charge is -2.13. The summed E-state index contributed by atoms with van der Waals surface area (Å²) < 4.78 is 14.0. The number of carbonyl (C=O) groups excluding carboxylic acids is 1. The second-order valence-corrected chi connectivity index (χ2v) is 4.64. The highest BCUT2D eigenvalue weighted by Crippen LogP contribution is 2.19. The van der Waals surface area contributed by atoms with Gasteiger partial charge in [0.2, 0.25) is 0 Å². The number of hydrogen-bond donors (Lipinski definition) is 3. The molecule has 2 amide bonds.